The molecular weight excluding hydrogens is 463 g/mol. The van der Waals surface area contributed by atoms with Gasteiger partial charge < -0.3 is 38.6 Å². The highest BCUT2D eigenvalue weighted by molar-refractivity contribution is 6.61. The first-order valence-corrected chi connectivity index (χ1v) is 11.4. The summed E-state index contributed by atoms with van der Waals surface area (Å²) in [5, 5.41) is 19.9. The monoisotopic (exact) mass is 488 g/mol. The van der Waals surface area contributed by atoms with Gasteiger partial charge in [0.05, 0.1) is 31.9 Å². The molecule has 3 aromatic rings. The number of benzene rings is 2. The maximum Gasteiger partial charge on any atom is 0.636 e. The average Bonchev–Trinajstić information content (AvgIpc) is 3.27. The summed E-state index contributed by atoms with van der Waals surface area (Å²) in [5.74, 6) is 2.01. The molecule has 0 saturated carbocycles. The Kier molecular flexibility index (Phi) is 6.49. The Labute approximate surface area is 208 Å². The highest BCUT2D eigenvalue weighted by Gasteiger charge is 2.31. The van der Waals surface area contributed by atoms with Crippen molar-refractivity contribution in [2.45, 2.75) is 18.9 Å². The minimum Gasteiger partial charge on any atom is -0.495 e. The van der Waals surface area contributed by atoms with Gasteiger partial charge in [0.2, 0.25) is 0 Å². The van der Waals surface area contributed by atoms with Crippen LogP contribution in [0.1, 0.15) is 23.7 Å². The molecule has 2 heterocycles. The molecule has 1 aliphatic heterocycles. The van der Waals surface area contributed by atoms with Gasteiger partial charge in [-0.15, -0.1) is 0 Å². The summed E-state index contributed by atoms with van der Waals surface area (Å²) in [6.45, 7) is 0. The second-order valence-electron chi connectivity index (χ2n) is 8.37. The molecule has 2 aliphatic rings. The fourth-order valence-electron chi connectivity index (χ4n) is 4.19. The summed E-state index contributed by atoms with van der Waals surface area (Å²) in [5.41, 5.74) is 2.78. The van der Waals surface area contributed by atoms with Crippen molar-refractivity contribution in [1.82, 2.24) is 9.88 Å². The molecule has 9 nitrogen and oxygen atoms in total. The van der Waals surface area contributed by atoms with E-state index in [9.17, 15) is 10.2 Å². The zero-order valence-electron chi connectivity index (χ0n) is 19.8. The van der Waals surface area contributed by atoms with Crippen LogP contribution < -0.4 is 19.7 Å². The highest BCUT2D eigenvalue weighted by atomic mass is 16.7. The number of hydrogen-bond acceptors (Lipinski definition) is 9. The van der Waals surface area contributed by atoms with Gasteiger partial charge in [0, 0.05) is 24.1 Å². The van der Waals surface area contributed by atoms with Crippen molar-refractivity contribution < 1.29 is 33.7 Å². The Morgan fingerprint density at radius 1 is 0.972 bits per heavy atom. The van der Waals surface area contributed by atoms with E-state index in [-0.39, 0.29) is 18.0 Å². The molecule has 1 atom stereocenters. The van der Waals surface area contributed by atoms with Crippen LogP contribution in [0.5, 0.6) is 23.0 Å². The lowest BCUT2D eigenvalue weighted by Gasteiger charge is -2.20. The average molecular weight is 488 g/mol. The van der Waals surface area contributed by atoms with Crippen LogP contribution in [0.2, 0.25) is 0 Å². The number of hydrogen-bond donors (Lipinski definition) is 2. The topological polar surface area (TPSA) is 103 Å². The van der Waals surface area contributed by atoms with Crippen LogP contribution in [-0.2, 0) is 15.7 Å². The largest absolute Gasteiger partial charge is 0.636 e. The number of ether oxygens (including phenoxy) is 3. The van der Waals surface area contributed by atoms with E-state index in [4.69, 9.17) is 23.5 Å². The van der Waals surface area contributed by atoms with Crippen LogP contribution in [0.4, 0.5) is 0 Å². The molecule has 1 aromatic heterocycles. The fourth-order valence-corrected chi connectivity index (χ4v) is 4.19. The van der Waals surface area contributed by atoms with E-state index in [0.29, 0.717) is 22.7 Å². The van der Waals surface area contributed by atoms with Gasteiger partial charge in [0.15, 0.2) is 0 Å². The van der Waals surface area contributed by atoms with Crippen molar-refractivity contribution in [3.8, 4) is 23.0 Å². The third-order valence-corrected chi connectivity index (χ3v) is 5.84. The second kappa shape index (κ2) is 10.0. The molecule has 184 valence electrons. The lowest BCUT2D eigenvalue weighted by atomic mass is 9.79. The van der Waals surface area contributed by atoms with Gasteiger partial charge in [-0.2, -0.15) is 0 Å². The Morgan fingerprint density at radius 3 is 2.42 bits per heavy atom. The first-order valence-electron chi connectivity index (χ1n) is 11.4. The van der Waals surface area contributed by atoms with E-state index >= 15 is 0 Å². The van der Waals surface area contributed by atoms with Crippen LogP contribution >= 0.6 is 0 Å². The summed E-state index contributed by atoms with van der Waals surface area (Å²) in [7, 11) is 2.20. The van der Waals surface area contributed by atoms with Gasteiger partial charge >= 0.3 is 7.12 Å². The lowest BCUT2D eigenvalue weighted by Crippen LogP contribution is -2.37. The van der Waals surface area contributed by atoms with E-state index < -0.39 is 7.12 Å². The second-order valence-corrected chi connectivity index (χ2v) is 8.37. The molecule has 0 unspecified atom stereocenters. The Morgan fingerprint density at radius 2 is 1.69 bits per heavy atom. The highest BCUT2D eigenvalue weighted by Crippen LogP contribution is 2.41. The van der Waals surface area contributed by atoms with Gasteiger partial charge in [-0.3, -0.25) is 4.98 Å². The zero-order chi connectivity index (χ0) is 25.1. The predicted molar refractivity (Wildman–Crippen MR) is 132 cm³/mol. The quantitative estimate of drug-likeness (QED) is 0.491. The minimum absolute atomic E-state index is 0.124. The van der Waals surface area contributed by atoms with Crippen molar-refractivity contribution in [2.24, 2.45) is 0 Å². The summed E-state index contributed by atoms with van der Waals surface area (Å²) in [4.78, 5) is 5.57. The molecule has 0 radical (unpaired) electrons. The molecule has 2 N–H and O–H groups in total. The molecule has 10 heteroatoms. The molecule has 0 fully saturated rings. The standard InChI is InChI=1S/C26H25BN2O7/c1-29-15-25(30)35-27(36-26(31)16-29)17-6-8-18(9-7-17)33-24-11-10-22-21(24)4-3-5-23(22)34-20-12-19(32-2)13-28-14-20/h3-9,12-16,24,30-31H,10-11H2,1-2H3/b25-15-,26-16-/t24-/m1/s1. The molecule has 0 bridgehead atoms. The normalized spacial score (nSPS) is 19.9. The maximum absolute atomic E-state index is 9.94. The molecule has 36 heavy (non-hydrogen) atoms. The van der Waals surface area contributed by atoms with Gasteiger partial charge in [-0.05, 0) is 36.6 Å². The van der Waals surface area contributed by atoms with Crippen LogP contribution in [0, 0.1) is 0 Å². The zero-order valence-corrected chi connectivity index (χ0v) is 19.8. The maximum atomic E-state index is 9.94. The molecule has 2 aromatic carbocycles. The minimum atomic E-state index is -1.02. The van der Waals surface area contributed by atoms with Crippen LogP contribution in [0.3, 0.4) is 0 Å². The third kappa shape index (κ3) is 5.12. The Bertz CT molecular complexity index is 1270. The summed E-state index contributed by atoms with van der Waals surface area (Å²) >= 11 is 0. The van der Waals surface area contributed by atoms with Crippen LogP contribution in [-0.4, -0.2) is 41.4 Å². The van der Waals surface area contributed by atoms with Crippen molar-refractivity contribution in [3.05, 3.63) is 96.3 Å². The van der Waals surface area contributed by atoms with Crippen LogP contribution in [0.25, 0.3) is 0 Å². The number of pyridine rings is 1. The fraction of sp³-hybridized carbons (Fsp3) is 0.192. The van der Waals surface area contributed by atoms with E-state index in [2.05, 4.69) is 11.1 Å². The van der Waals surface area contributed by atoms with Gasteiger partial charge in [-0.25, -0.2) is 0 Å². The van der Waals surface area contributed by atoms with E-state index in [1.54, 1.807) is 56.9 Å². The number of rotatable bonds is 6. The number of fused-ring (bicyclic) bond motifs is 1. The molecule has 0 spiro atoms. The number of nitrogens with zero attached hydrogens (tertiary/aromatic N) is 2. The first-order chi connectivity index (χ1) is 17.5. The summed E-state index contributed by atoms with van der Waals surface area (Å²) < 4.78 is 28.4. The Hall–Kier alpha value is -4.47. The van der Waals surface area contributed by atoms with E-state index in [1.807, 2.05) is 12.1 Å². The van der Waals surface area contributed by atoms with Gasteiger partial charge in [-0.1, -0.05) is 24.3 Å². The molecule has 0 saturated heterocycles. The van der Waals surface area contributed by atoms with Gasteiger partial charge in [0.1, 0.15) is 29.1 Å². The molecule has 0 amide bonds. The SMILES string of the molecule is COc1cncc(Oc2cccc3c2CC[C@H]3Oc2ccc(B3O/C(O)=C\N(C)/C=C(/O)O3)cc2)c1. The molecule has 5 rings (SSSR count). The lowest BCUT2D eigenvalue weighted by molar-refractivity contribution is 0.124. The van der Waals surface area contributed by atoms with Crippen molar-refractivity contribution in [1.29, 1.82) is 0 Å². The summed E-state index contributed by atoms with van der Waals surface area (Å²) in [6.07, 6.45) is 7.44. The smallest absolute Gasteiger partial charge is 0.495 e. The van der Waals surface area contributed by atoms with E-state index in [0.717, 1.165) is 29.7 Å². The summed E-state index contributed by atoms with van der Waals surface area (Å²) in [6, 6.07) is 14.9. The molecular formula is C26H25BN2O7. The first kappa shape index (κ1) is 23.3. The number of aliphatic hydroxyl groups excluding tert-OH is 2. The Balaban J connectivity index is 1.29. The number of methoxy groups -OCH3 is 1. The van der Waals surface area contributed by atoms with Crippen molar-refractivity contribution >= 4 is 12.6 Å². The number of aromatic nitrogens is 1. The van der Waals surface area contributed by atoms with Crippen molar-refractivity contribution in [2.75, 3.05) is 14.2 Å². The van der Waals surface area contributed by atoms with E-state index in [1.165, 1.54) is 17.3 Å². The van der Waals surface area contributed by atoms with Gasteiger partial charge in [0.25, 0.3) is 11.9 Å². The van der Waals surface area contributed by atoms with Crippen molar-refractivity contribution in [3.63, 3.8) is 0 Å². The molecule has 1 aliphatic carbocycles. The third-order valence-electron chi connectivity index (χ3n) is 5.84. The van der Waals surface area contributed by atoms with Crippen LogP contribution in [0.15, 0.2) is 85.2 Å². The predicted octanol–water partition coefficient (Wildman–Crippen LogP) is 4.34. The number of aliphatic hydroxyl groups is 2.